The predicted molar refractivity (Wildman–Crippen MR) is 69.7 cm³/mol. The van der Waals surface area contributed by atoms with Crippen molar-refractivity contribution in [3.05, 3.63) is 51.7 Å². The standard InChI is InChI=1S/C13H10N2O5/c1-7-5-8(12(16)11(6-7)15(19)20)9-3-2-4-10(14-9)13(17)18/h2-6,16H,1H3,(H,17,18). The average molecular weight is 274 g/mol. The van der Waals surface area contributed by atoms with E-state index < -0.39 is 22.3 Å². The van der Waals surface area contributed by atoms with E-state index in [1.54, 1.807) is 6.92 Å². The van der Waals surface area contributed by atoms with Crippen molar-refractivity contribution in [1.29, 1.82) is 0 Å². The molecule has 0 spiro atoms. The zero-order chi connectivity index (χ0) is 14.9. The van der Waals surface area contributed by atoms with Gasteiger partial charge in [0.15, 0.2) is 0 Å². The van der Waals surface area contributed by atoms with E-state index >= 15 is 0 Å². The van der Waals surface area contributed by atoms with Gasteiger partial charge in [-0.05, 0) is 30.7 Å². The van der Waals surface area contributed by atoms with Gasteiger partial charge in [-0.15, -0.1) is 0 Å². The third-order valence-corrected chi connectivity index (χ3v) is 2.67. The molecule has 0 fully saturated rings. The molecule has 0 unspecified atom stereocenters. The maximum absolute atomic E-state index is 10.9. The van der Waals surface area contributed by atoms with Gasteiger partial charge in [0, 0.05) is 11.6 Å². The molecule has 7 nitrogen and oxygen atoms in total. The predicted octanol–water partition coefficient (Wildman–Crippen LogP) is 2.37. The molecule has 7 heteroatoms. The molecule has 0 atom stereocenters. The zero-order valence-electron chi connectivity index (χ0n) is 10.4. The SMILES string of the molecule is Cc1cc(-c2cccc(C(=O)O)n2)c(O)c([N+](=O)[O-])c1. The van der Waals surface area contributed by atoms with Crippen molar-refractivity contribution in [2.75, 3.05) is 0 Å². The molecule has 1 heterocycles. The number of benzene rings is 1. The van der Waals surface area contributed by atoms with E-state index in [0.29, 0.717) is 5.56 Å². The molecule has 102 valence electrons. The molecule has 20 heavy (non-hydrogen) atoms. The highest BCUT2D eigenvalue weighted by Crippen LogP contribution is 2.37. The fourth-order valence-corrected chi connectivity index (χ4v) is 1.80. The Morgan fingerprint density at radius 1 is 1.35 bits per heavy atom. The number of hydrogen-bond acceptors (Lipinski definition) is 5. The first kappa shape index (κ1) is 13.5. The highest BCUT2D eigenvalue weighted by Gasteiger charge is 2.20. The Labute approximate surface area is 113 Å². The number of phenolic OH excluding ortho intramolecular Hbond substituents is 1. The number of aryl methyl sites for hydroxylation is 1. The first-order valence-corrected chi connectivity index (χ1v) is 5.59. The van der Waals surface area contributed by atoms with Crippen LogP contribution in [0.15, 0.2) is 30.3 Å². The first-order chi connectivity index (χ1) is 9.40. The smallest absolute Gasteiger partial charge is 0.354 e. The molecule has 0 bridgehead atoms. The molecule has 0 amide bonds. The van der Waals surface area contributed by atoms with Crippen LogP contribution in [-0.2, 0) is 0 Å². The fraction of sp³-hybridized carbons (Fsp3) is 0.0769. The van der Waals surface area contributed by atoms with E-state index in [2.05, 4.69) is 4.98 Å². The minimum Gasteiger partial charge on any atom is -0.502 e. The highest BCUT2D eigenvalue weighted by atomic mass is 16.6. The van der Waals surface area contributed by atoms with Crippen molar-refractivity contribution >= 4 is 11.7 Å². The molecular formula is C13H10N2O5. The number of aromatic hydroxyl groups is 1. The molecule has 2 N–H and O–H groups in total. The van der Waals surface area contributed by atoms with Gasteiger partial charge < -0.3 is 10.2 Å². The molecule has 2 aromatic rings. The number of pyridine rings is 1. The lowest BCUT2D eigenvalue weighted by Crippen LogP contribution is -2.01. The molecule has 1 aromatic heterocycles. The Balaban J connectivity index is 2.66. The van der Waals surface area contributed by atoms with Crippen molar-refractivity contribution in [3.8, 4) is 17.0 Å². The van der Waals surface area contributed by atoms with Crippen LogP contribution < -0.4 is 0 Å². The van der Waals surface area contributed by atoms with E-state index in [1.165, 1.54) is 30.3 Å². The molecule has 0 saturated carbocycles. The number of aromatic nitrogens is 1. The minimum absolute atomic E-state index is 0.125. The summed E-state index contributed by atoms with van der Waals surface area (Å²) in [5, 5.41) is 29.7. The summed E-state index contributed by atoms with van der Waals surface area (Å²) >= 11 is 0. The average Bonchev–Trinajstić information content (AvgIpc) is 2.40. The Hall–Kier alpha value is -2.96. The van der Waals surface area contributed by atoms with Gasteiger partial charge in [0.25, 0.3) is 0 Å². The number of carboxylic acid groups (broad SMARTS) is 1. The lowest BCUT2D eigenvalue weighted by molar-refractivity contribution is -0.385. The molecule has 0 aliphatic carbocycles. The van der Waals surface area contributed by atoms with Crippen LogP contribution in [0.25, 0.3) is 11.3 Å². The van der Waals surface area contributed by atoms with Crippen molar-refractivity contribution in [2.24, 2.45) is 0 Å². The summed E-state index contributed by atoms with van der Waals surface area (Å²) < 4.78 is 0. The van der Waals surface area contributed by atoms with Gasteiger partial charge in [-0.2, -0.15) is 0 Å². The summed E-state index contributed by atoms with van der Waals surface area (Å²) in [6.07, 6.45) is 0. The van der Waals surface area contributed by atoms with Gasteiger partial charge >= 0.3 is 11.7 Å². The van der Waals surface area contributed by atoms with Gasteiger partial charge in [0.1, 0.15) is 5.69 Å². The third kappa shape index (κ3) is 2.41. The van der Waals surface area contributed by atoms with Crippen LogP contribution in [-0.4, -0.2) is 26.1 Å². The fourth-order valence-electron chi connectivity index (χ4n) is 1.80. The molecule has 1 aromatic carbocycles. The van der Waals surface area contributed by atoms with Crippen LogP contribution in [0.2, 0.25) is 0 Å². The van der Waals surface area contributed by atoms with E-state index in [9.17, 15) is 20.0 Å². The van der Waals surface area contributed by atoms with Gasteiger partial charge in [-0.1, -0.05) is 6.07 Å². The number of carbonyl (C=O) groups is 1. The number of rotatable bonds is 3. The largest absolute Gasteiger partial charge is 0.502 e. The quantitative estimate of drug-likeness (QED) is 0.656. The lowest BCUT2D eigenvalue weighted by atomic mass is 10.0. The Kier molecular flexibility index (Phi) is 3.34. The van der Waals surface area contributed by atoms with Crippen molar-refractivity contribution in [3.63, 3.8) is 0 Å². The van der Waals surface area contributed by atoms with Crippen molar-refractivity contribution in [2.45, 2.75) is 6.92 Å². The van der Waals surface area contributed by atoms with Crippen molar-refractivity contribution in [1.82, 2.24) is 4.98 Å². The second kappa shape index (κ2) is 4.96. The number of nitrogens with zero attached hydrogens (tertiary/aromatic N) is 2. The van der Waals surface area contributed by atoms with Crippen LogP contribution in [0, 0.1) is 17.0 Å². The van der Waals surface area contributed by atoms with Gasteiger partial charge in [-0.25, -0.2) is 9.78 Å². The Morgan fingerprint density at radius 2 is 2.05 bits per heavy atom. The molecule has 0 saturated heterocycles. The maximum atomic E-state index is 10.9. The maximum Gasteiger partial charge on any atom is 0.354 e. The molecular weight excluding hydrogens is 264 g/mol. The van der Waals surface area contributed by atoms with Crippen molar-refractivity contribution < 1.29 is 19.9 Å². The summed E-state index contributed by atoms with van der Waals surface area (Å²) in [5.41, 5.74) is 0.203. The van der Waals surface area contributed by atoms with E-state index in [4.69, 9.17) is 5.11 Å². The third-order valence-electron chi connectivity index (χ3n) is 2.67. The van der Waals surface area contributed by atoms with Gasteiger partial charge in [0.2, 0.25) is 5.75 Å². The topological polar surface area (TPSA) is 114 Å². The van der Waals surface area contributed by atoms with Gasteiger partial charge in [-0.3, -0.25) is 10.1 Å². The minimum atomic E-state index is -1.21. The summed E-state index contributed by atoms with van der Waals surface area (Å²) in [4.78, 5) is 24.9. The number of carboxylic acids is 1. The monoisotopic (exact) mass is 274 g/mol. The van der Waals surface area contributed by atoms with Crippen LogP contribution in [0.5, 0.6) is 5.75 Å². The van der Waals surface area contributed by atoms with Gasteiger partial charge in [0.05, 0.1) is 10.6 Å². The Bertz CT molecular complexity index is 712. The summed E-state index contributed by atoms with van der Waals surface area (Å²) in [6, 6.07) is 6.98. The van der Waals surface area contributed by atoms with E-state index in [-0.39, 0.29) is 17.0 Å². The normalized spacial score (nSPS) is 10.2. The second-order valence-electron chi connectivity index (χ2n) is 4.15. The molecule has 0 radical (unpaired) electrons. The number of aromatic carboxylic acids is 1. The summed E-state index contributed by atoms with van der Waals surface area (Å²) in [7, 11) is 0. The Morgan fingerprint density at radius 3 is 2.65 bits per heavy atom. The number of phenols is 1. The summed E-state index contributed by atoms with van der Waals surface area (Å²) in [6.45, 7) is 1.64. The lowest BCUT2D eigenvalue weighted by Gasteiger charge is -2.07. The number of nitro benzene ring substituents is 1. The van der Waals surface area contributed by atoms with Crippen LogP contribution in [0.1, 0.15) is 16.1 Å². The number of nitro groups is 1. The van der Waals surface area contributed by atoms with Crippen LogP contribution in [0.4, 0.5) is 5.69 Å². The number of hydrogen-bond donors (Lipinski definition) is 2. The van der Waals surface area contributed by atoms with E-state index in [1.807, 2.05) is 0 Å². The first-order valence-electron chi connectivity index (χ1n) is 5.59. The van der Waals surface area contributed by atoms with E-state index in [0.717, 1.165) is 0 Å². The molecule has 0 aliphatic heterocycles. The van der Waals surface area contributed by atoms with Crippen LogP contribution >= 0.6 is 0 Å². The zero-order valence-corrected chi connectivity index (χ0v) is 10.4. The summed E-state index contributed by atoms with van der Waals surface area (Å²) in [5.74, 6) is -1.75. The van der Waals surface area contributed by atoms with Crippen LogP contribution in [0.3, 0.4) is 0 Å². The molecule has 0 aliphatic rings. The second-order valence-corrected chi connectivity index (χ2v) is 4.15. The highest BCUT2D eigenvalue weighted by molar-refractivity contribution is 5.86. The molecule has 2 rings (SSSR count).